The van der Waals surface area contributed by atoms with E-state index in [2.05, 4.69) is 24.1 Å². The van der Waals surface area contributed by atoms with Crippen LogP contribution < -0.4 is 5.32 Å². The lowest BCUT2D eigenvalue weighted by atomic mass is 9.94. The Kier molecular flexibility index (Phi) is 4.12. The molecule has 0 unspecified atom stereocenters. The van der Waals surface area contributed by atoms with Crippen LogP contribution in [0, 0.1) is 0 Å². The molecule has 2 rings (SSSR count). The first-order valence-corrected chi connectivity index (χ1v) is 6.81. The van der Waals surface area contributed by atoms with Crippen molar-refractivity contribution in [1.29, 1.82) is 0 Å². The minimum absolute atomic E-state index is 0.000937. The van der Waals surface area contributed by atoms with E-state index < -0.39 is 0 Å². The van der Waals surface area contributed by atoms with E-state index in [1.54, 1.807) is 7.05 Å². The summed E-state index contributed by atoms with van der Waals surface area (Å²) in [6.07, 6.45) is 3.18. The van der Waals surface area contributed by atoms with Crippen molar-refractivity contribution in [3.63, 3.8) is 0 Å². The number of amides is 1. The summed E-state index contributed by atoms with van der Waals surface area (Å²) >= 11 is 0. The molecule has 0 saturated carbocycles. The number of hydrogen-bond acceptors (Lipinski definition) is 4. The summed E-state index contributed by atoms with van der Waals surface area (Å²) in [5.41, 5.74) is 0.100. The Morgan fingerprint density at radius 1 is 1.56 bits per heavy atom. The average molecular weight is 256 g/mol. The van der Waals surface area contributed by atoms with Crippen LogP contribution in [0.25, 0.3) is 0 Å². The molecule has 18 heavy (non-hydrogen) atoms. The Hall–Kier alpha value is -0.810. The highest BCUT2D eigenvalue weighted by atomic mass is 16.6. The smallest absolute Gasteiger partial charge is 0.407 e. The minimum Gasteiger partial charge on any atom is -0.445 e. The third-order valence-corrected chi connectivity index (χ3v) is 3.94. The van der Waals surface area contributed by atoms with Gasteiger partial charge in [-0.05, 0) is 33.2 Å². The van der Waals surface area contributed by atoms with E-state index in [-0.39, 0.29) is 23.8 Å². The Bertz CT molecular complexity index is 309. The molecule has 0 aromatic heterocycles. The minimum atomic E-state index is -0.332. The number of nitrogens with zero attached hydrogens (tertiary/aromatic N) is 1. The molecule has 2 atom stereocenters. The van der Waals surface area contributed by atoms with Crippen LogP contribution >= 0.6 is 0 Å². The standard InChI is InChI=1S/C13H24N2O3/c1-10(2)17-9-13-5-4-6-15(13)8-11(7-13)18-12(16)14-3/h10-11H,4-9H2,1-3H3,(H,14,16)/t11-,13+/m1/s1. The van der Waals surface area contributed by atoms with Crippen molar-refractivity contribution in [3.05, 3.63) is 0 Å². The number of fused-ring (bicyclic) bond motifs is 1. The summed E-state index contributed by atoms with van der Waals surface area (Å²) in [5.74, 6) is 0. The fraction of sp³-hybridized carbons (Fsp3) is 0.923. The molecule has 104 valence electrons. The maximum Gasteiger partial charge on any atom is 0.407 e. The van der Waals surface area contributed by atoms with Crippen LogP contribution in [0.5, 0.6) is 0 Å². The van der Waals surface area contributed by atoms with Gasteiger partial charge in [-0.3, -0.25) is 4.90 Å². The van der Waals surface area contributed by atoms with E-state index >= 15 is 0 Å². The van der Waals surface area contributed by atoms with Crippen LogP contribution in [0.4, 0.5) is 4.79 Å². The zero-order valence-corrected chi connectivity index (χ0v) is 11.6. The number of carbonyl (C=O) groups is 1. The second kappa shape index (κ2) is 5.45. The van der Waals surface area contributed by atoms with Crippen molar-refractivity contribution in [1.82, 2.24) is 10.2 Å². The Morgan fingerprint density at radius 2 is 2.33 bits per heavy atom. The van der Waals surface area contributed by atoms with E-state index in [9.17, 15) is 4.79 Å². The predicted molar refractivity (Wildman–Crippen MR) is 68.6 cm³/mol. The number of hydrogen-bond donors (Lipinski definition) is 1. The van der Waals surface area contributed by atoms with Gasteiger partial charge in [0.2, 0.25) is 0 Å². The molecule has 0 radical (unpaired) electrons. The van der Waals surface area contributed by atoms with Gasteiger partial charge in [0.1, 0.15) is 6.10 Å². The molecule has 0 aromatic rings. The Balaban J connectivity index is 1.94. The van der Waals surface area contributed by atoms with E-state index in [4.69, 9.17) is 9.47 Å². The van der Waals surface area contributed by atoms with Gasteiger partial charge >= 0.3 is 6.09 Å². The summed E-state index contributed by atoms with van der Waals surface area (Å²) in [5, 5.41) is 2.51. The van der Waals surface area contributed by atoms with E-state index in [0.717, 1.165) is 32.5 Å². The lowest BCUT2D eigenvalue weighted by Gasteiger charge is -2.32. The molecule has 2 aliphatic heterocycles. The fourth-order valence-electron chi connectivity index (χ4n) is 3.08. The molecule has 0 bridgehead atoms. The van der Waals surface area contributed by atoms with Gasteiger partial charge in [-0.1, -0.05) is 0 Å². The van der Waals surface area contributed by atoms with Gasteiger partial charge in [-0.25, -0.2) is 4.79 Å². The molecule has 5 heteroatoms. The molecule has 2 fully saturated rings. The van der Waals surface area contributed by atoms with E-state index in [0.29, 0.717) is 0 Å². The van der Waals surface area contributed by atoms with Gasteiger partial charge in [-0.15, -0.1) is 0 Å². The first kappa shape index (κ1) is 13.6. The summed E-state index contributed by atoms with van der Waals surface area (Å²) in [7, 11) is 1.59. The largest absolute Gasteiger partial charge is 0.445 e. The van der Waals surface area contributed by atoms with Crippen molar-refractivity contribution in [2.75, 3.05) is 26.7 Å². The van der Waals surface area contributed by atoms with Gasteiger partial charge in [0.25, 0.3) is 0 Å². The van der Waals surface area contributed by atoms with E-state index in [1.807, 2.05) is 0 Å². The molecule has 1 N–H and O–H groups in total. The van der Waals surface area contributed by atoms with Crippen LogP contribution in [-0.2, 0) is 9.47 Å². The molecule has 1 amide bonds. The quantitative estimate of drug-likeness (QED) is 0.825. The Morgan fingerprint density at radius 3 is 3.00 bits per heavy atom. The number of carbonyl (C=O) groups excluding carboxylic acids is 1. The van der Waals surface area contributed by atoms with Gasteiger partial charge in [0.05, 0.1) is 12.7 Å². The summed E-state index contributed by atoms with van der Waals surface area (Å²) in [6, 6.07) is 0. The number of alkyl carbamates (subject to hydrolysis) is 1. The molecule has 0 aromatic carbocycles. The lowest BCUT2D eigenvalue weighted by Crippen LogP contribution is -2.43. The first-order valence-electron chi connectivity index (χ1n) is 6.81. The third kappa shape index (κ3) is 2.78. The van der Waals surface area contributed by atoms with Gasteiger partial charge in [0, 0.05) is 25.6 Å². The fourth-order valence-corrected chi connectivity index (χ4v) is 3.08. The zero-order chi connectivity index (χ0) is 13.2. The van der Waals surface area contributed by atoms with Crippen LogP contribution in [0.1, 0.15) is 33.1 Å². The normalized spacial score (nSPS) is 31.7. The van der Waals surface area contributed by atoms with Gasteiger partial charge in [0.15, 0.2) is 0 Å². The Labute approximate surface area is 109 Å². The van der Waals surface area contributed by atoms with Crippen molar-refractivity contribution >= 4 is 6.09 Å². The second-order valence-electron chi connectivity index (χ2n) is 5.62. The van der Waals surface area contributed by atoms with E-state index in [1.165, 1.54) is 6.42 Å². The lowest BCUT2D eigenvalue weighted by molar-refractivity contribution is 0.00212. The van der Waals surface area contributed by atoms with Gasteiger partial charge < -0.3 is 14.8 Å². The highest BCUT2D eigenvalue weighted by molar-refractivity contribution is 5.66. The maximum atomic E-state index is 11.3. The molecular formula is C13H24N2O3. The summed E-state index contributed by atoms with van der Waals surface area (Å²) < 4.78 is 11.2. The number of rotatable bonds is 4. The zero-order valence-electron chi connectivity index (χ0n) is 11.6. The molecule has 5 nitrogen and oxygen atoms in total. The van der Waals surface area contributed by atoms with Crippen LogP contribution in [0.3, 0.4) is 0 Å². The van der Waals surface area contributed by atoms with Crippen LogP contribution in [-0.4, -0.2) is 55.5 Å². The highest BCUT2D eigenvalue weighted by Crippen LogP contribution is 2.40. The average Bonchev–Trinajstić information content (AvgIpc) is 2.82. The third-order valence-electron chi connectivity index (χ3n) is 3.94. The summed E-state index contributed by atoms with van der Waals surface area (Å²) in [6.45, 7) is 6.80. The highest BCUT2D eigenvalue weighted by Gasteiger charge is 2.49. The first-order chi connectivity index (χ1) is 8.55. The monoisotopic (exact) mass is 256 g/mol. The molecular weight excluding hydrogens is 232 g/mol. The van der Waals surface area contributed by atoms with Crippen molar-refractivity contribution < 1.29 is 14.3 Å². The van der Waals surface area contributed by atoms with Crippen LogP contribution in [0.15, 0.2) is 0 Å². The second-order valence-corrected chi connectivity index (χ2v) is 5.62. The summed E-state index contributed by atoms with van der Waals surface area (Å²) in [4.78, 5) is 13.7. The topological polar surface area (TPSA) is 50.8 Å². The van der Waals surface area contributed by atoms with Crippen molar-refractivity contribution in [2.45, 2.75) is 50.9 Å². The molecule has 2 aliphatic rings. The molecule has 0 spiro atoms. The van der Waals surface area contributed by atoms with Crippen molar-refractivity contribution in [3.8, 4) is 0 Å². The van der Waals surface area contributed by atoms with Crippen molar-refractivity contribution in [2.24, 2.45) is 0 Å². The number of nitrogens with one attached hydrogen (secondary N) is 1. The van der Waals surface area contributed by atoms with Crippen LogP contribution in [0.2, 0.25) is 0 Å². The maximum absolute atomic E-state index is 11.3. The molecule has 2 heterocycles. The number of ether oxygens (including phenoxy) is 2. The SMILES string of the molecule is CNC(=O)O[C@H]1CN2CCC[C@@]2(COC(C)C)C1. The molecule has 2 saturated heterocycles. The predicted octanol–water partition coefficient (Wildman–Crippen LogP) is 1.37. The molecule has 0 aliphatic carbocycles. The van der Waals surface area contributed by atoms with Gasteiger partial charge in [-0.2, -0.15) is 0 Å².